The van der Waals surface area contributed by atoms with E-state index in [9.17, 15) is 4.79 Å². The third-order valence-electron chi connectivity index (χ3n) is 4.49. The van der Waals surface area contributed by atoms with Gasteiger partial charge in [-0.05, 0) is 42.0 Å². The molecule has 22 heavy (non-hydrogen) atoms. The number of benzene rings is 1. The minimum Gasteiger partial charge on any atom is -0.324 e. The fourth-order valence-electron chi connectivity index (χ4n) is 3.36. The highest BCUT2D eigenvalue weighted by Gasteiger charge is 2.16. The molecule has 2 aromatic heterocycles. The molecule has 1 aliphatic rings. The van der Waals surface area contributed by atoms with E-state index in [0.29, 0.717) is 5.65 Å². The number of aryl methyl sites for hydroxylation is 1. The number of aromatic nitrogens is 3. The van der Waals surface area contributed by atoms with Crippen molar-refractivity contribution >= 4 is 11.2 Å². The zero-order valence-electron chi connectivity index (χ0n) is 12.2. The fraction of sp³-hybridized carbons (Fsp3) is 0.294. The van der Waals surface area contributed by atoms with Gasteiger partial charge in [0.25, 0.3) is 0 Å². The Morgan fingerprint density at radius 1 is 1.18 bits per heavy atom. The van der Waals surface area contributed by atoms with Crippen LogP contribution < -0.4 is 11.4 Å². The van der Waals surface area contributed by atoms with Gasteiger partial charge < -0.3 is 10.7 Å². The third-order valence-corrected chi connectivity index (χ3v) is 4.49. The summed E-state index contributed by atoms with van der Waals surface area (Å²) in [6.45, 7) is 0. The predicted molar refractivity (Wildman–Crippen MR) is 86.6 cm³/mol. The Morgan fingerprint density at radius 3 is 3.00 bits per heavy atom. The second-order valence-electron chi connectivity index (χ2n) is 5.93. The number of imidazole rings is 1. The van der Waals surface area contributed by atoms with Gasteiger partial charge in [-0.1, -0.05) is 24.6 Å². The molecule has 0 bridgehead atoms. The van der Waals surface area contributed by atoms with E-state index in [1.54, 1.807) is 6.20 Å². The van der Waals surface area contributed by atoms with Gasteiger partial charge in [0, 0.05) is 17.8 Å². The summed E-state index contributed by atoms with van der Waals surface area (Å²) in [6, 6.07) is 8.50. The van der Waals surface area contributed by atoms with E-state index < -0.39 is 0 Å². The van der Waals surface area contributed by atoms with E-state index in [-0.39, 0.29) is 11.7 Å². The molecule has 5 nitrogen and oxygen atoms in total. The van der Waals surface area contributed by atoms with Crippen molar-refractivity contribution in [3.05, 3.63) is 52.1 Å². The number of nitrogens with two attached hydrogens (primary N) is 1. The molecule has 4 N–H and O–H groups in total. The highest BCUT2D eigenvalue weighted by Crippen LogP contribution is 2.32. The smallest absolute Gasteiger partial charge is 0.324 e. The Balaban J connectivity index is 1.89. The maximum absolute atomic E-state index is 11.5. The predicted octanol–water partition coefficient (Wildman–Crippen LogP) is 2.64. The number of nitrogens with zero attached hydrogens (tertiary/aromatic N) is 1. The summed E-state index contributed by atoms with van der Waals surface area (Å²) in [5.41, 5.74) is 12.0. The van der Waals surface area contributed by atoms with Crippen LogP contribution in [0.1, 0.15) is 36.4 Å². The van der Waals surface area contributed by atoms with Crippen molar-refractivity contribution in [1.29, 1.82) is 0 Å². The summed E-state index contributed by atoms with van der Waals surface area (Å²) >= 11 is 0. The highest BCUT2D eigenvalue weighted by atomic mass is 16.1. The van der Waals surface area contributed by atoms with Gasteiger partial charge in [-0.25, -0.2) is 9.78 Å². The lowest BCUT2D eigenvalue weighted by Gasteiger charge is -2.14. The van der Waals surface area contributed by atoms with Crippen LogP contribution in [-0.4, -0.2) is 15.0 Å². The van der Waals surface area contributed by atoms with Gasteiger partial charge >= 0.3 is 5.69 Å². The summed E-state index contributed by atoms with van der Waals surface area (Å²) in [7, 11) is 0. The molecule has 4 rings (SSSR count). The first-order valence-corrected chi connectivity index (χ1v) is 7.68. The zero-order valence-corrected chi connectivity index (χ0v) is 12.2. The van der Waals surface area contributed by atoms with E-state index in [0.717, 1.165) is 29.5 Å². The van der Waals surface area contributed by atoms with Crippen molar-refractivity contribution in [3.8, 4) is 11.1 Å². The van der Waals surface area contributed by atoms with Crippen LogP contribution in [0.25, 0.3) is 22.3 Å². The molecular formula is C17H18N4O. The zero-order chi connectivity index (χ0) is 15.1. The summed E-state index contributed by atoms with van der Waals surface area (Å²) in [6.07, 6.45) is 6.19. The summed E-state index contributed by atoms with van der Waals surface area (Å²) in [5, 5.41) is 0. The fourth-order valence-corrected chi connectivity index (χ4v) is 3.36. The van der Waals surface area contributed by atoms with Crippen molar-refractivity contribution < 1.29 is 0 Å². The average molecular weight is 294 g/mol. The number of rotatable bonds is 1. The van der Waals surface area contributed by atoms with Crippen molar-refractivity contribution in [2.75, 3.05) is 0 Å². The number of aromatic amines is 2. The first-order chi connectivity index (χ1) is 10.7. The first kappa shape index (κ1) is 13.3. The van der Waals surface area contributed by atoms with E-state index in [1.807, 2.05) is 6.07 Å². The van der Waals surface area contributed by atoms with E-state index in [4.69, 9.17) is 5.73 Å². The maximum Gasteiger partial charge on any atom is 0.325 e. The molecule has 0 saturated carbocycles. The number of fused-ring (bicyclic) bond motifs is 2. The van der Waals surface area contributed by atoms with Crippen LogP contribution in [0, 0.1) is 0 Å². The minimum absolute atomic E-state index is 0.135. The van der Waals surface area contributed by atoms with Crippen LogP contribution in [0.3, 0.4) is 0 Å². The van der Waals surface area contributed by atoms with Crippen LogP contribution in [0.4, 0.5) is 0 Å². The number of hydrogen-bond donors (Lipinski definition) is 3. The second kappa shape index (κ2) is 5.10. The Morgan fingerprint density at radius 2 is 2.09 bits per heavy atom. The van der Waals surface area contributed by atoms with Crippen LogP contribution >= 0.6 is 0 Å². The van der Waals surface area contributed by atoms with E-state index >= 15 is 0 Å². The molecular weight excluding hydrogens is 276 g/mol. The standard InChI is InChI=1S/C17H18N4O/c18-14-4-2-1-3-10-9-11(5-6-12(10)14)13-7-8-19-16-15(13)20-17(22)21-16/h5-9,14H,1-4,18H2,(H2,19,20,21,22). The lowest BCUT2D eigenvalue weighted by atomic mass is 9.94. The van der Waals surface area contributed by atoms with Crippen molar-refractivity contribution in [3.63, 3.8) is 0 Å². The van der Waals surface area contributed by atoms with E-state index in [1.165, 1.54) is 24.0 Å². The largest absolute Gasteiger partial charge is 0.325 e. The number of hydrogen-bond acceptors (Lipinski definition) is 3. The van der Waals surface area contributed by atoms with Gasteiger partial charge in [-0.3, -0.25) is 4.98 Å². The second-order valence-corrected chi connectivity index (χ2v) is 5.93. The van der Waals surface area contributed by atoms with Crippen LogP contribution in [0.15, 0.2) is 35.3 Å². The molecule has 3 aromatic rings. The van der Waals surface area contributed by atoms with Crippen LogP contribution in [0.5, 0.6) is 0 Å². The number of pyridine rings is 1. The molecule has 1 aliphatic carbocycles. The molecule has 1 atom stereocenters. The Kier molecular flexibility index (Phi) is 3.08. The lowest BCUT2D eigenvalue weighted by molar-refractivity contribution is 0.615. The summed E-state index contributed by atoms with van der Waals surface area (Å²) in [4.78, 5) is 21.3. The molecule has 2 heterocycles. The van der Waals surface area contributed by atoms with Crippen LogP contribution in [0.2, 0.25) is 0 Å². The molecule has 1 aromatic carbocycles. The Labute approximate surface area is 127 Å². The quantitative estimate of drug-likeness (QED) is 0.603. The molecule has 0 fully saturated rings. The van der Waals surface area contributed by atoms with Crippen molar-refractivity contribution in [2.24, 2.45) is 5.73 Å². The number of H-pyrrole nitrogens is 2. The summed E-state index contributed by atoms with van der Waals surface area (Å²) in [5.74, 6) is 0. The Bertz CT molecular complexity index is 893. The molecule has 5 heteroatoms. The van der Waals surface area contributed by atoms with Gasteiger partial charge in [0.05, 0.1) is 5.52 Å². The number of nitrogens with one attached hydrogen (secondary N) is 2. The van der Waals surface area contributed by atoms with Gasteiger partial charge in [0.2, 0.25) is 0 Å². The van der Waals surface area contributed by atoms with E-state index in [2.05, 4.69) is 33.2 Å². The van der Waals surface area contributed by atoms with Crippen molar-refractivity contribution in [2.45, 2.75) is 31.7 Å². The molecule has 0 amide bonds. The molecule has 0 aliphatic heterocycles. The SMILES string of the molecule is NC1CCCCc2cc(-c3ccnc4[nH]c(=O)[nH]c34)ccc21. The lowest BCUT2D eigenvalue weighted by Crippen LogP contribution is -2.10. The Hall–Kier alpha value is -2.40. The van der Waals surface area contributed by atoms with Crippen molar-refractivity contribution in [1.82, 2.24) is 15.0 Å². The third kappa shape index (κ3) is 2.14. The molecule has 0 saturated heterocycles. The molecule has 0 radical (unpaired) electrons. The molecule has 1 unspecified atom stereocenters. The van der Waals surface area contributed by atoms with Gasteiger partial charge in [0.15, 0.2) is 5.65 Å². The van der Waals surface area contributed by atoms with Gasteiger partial charge in [0.1, 0.15) is 0 Å². The van der Waals surface area contributed by atoms with Gasteiger partial charge in [-0.2, -0.15) is 0 Å². The maximum atomic E-state index is 11.5. The average Bonchev–Trinajstić information content (AvgIpc) is 2.81. The topological polar surface area (TPSA) is 87.6 Å². The molecule has 0 spiro atoms. The summed E-state index contributed by atoms with van der Waals surface area (Å²) < 4.78 is 0. The minimum atomic E-state index is -0.230. The van der Waals surface area contributed by atoms with Crippen LogP contribution in [-0.2, 0) is 6.42 Å². The molecule has 112 valence electrons. The first-order valence-electron chi connectivity index (χ1n) is 7.68. The normalized spacial score (nSPS) is 18.1. The highest BCUT2D eigenvalue weighted by molar-refractivity contribution is 5.89. The van der Waals surface area contributed by atoms with Gasteiger partial charge in [-0.15, -0.1) is 0 Å². The monoisotopic (exact) mass is 294 g/mol.